The second-order valence-corrected chi connectivity index (χ2v) is 3.21. The Bertz CT molecular complexity index is 101. The van der Waals surface area contributed by atoms with Crippen LogP contribution < -0.4 is 0 Å². The lowest BCUT2D eigenvalue weighted by atomic mass is 9.92. The van der Waals surface area contributed by atoms with E-state index < -0.39 is 0 Å². The number of hydrogen-bond donors (Lipinski definition) is 1. The number of ether oxygens (including phenoxy) is 1. The van der Waals surface area contributed by atoms with Gasteiger partial charge >= 0.3 is 0 Å². The standard InChI is InChI=1S/C8H16O2/c1-6-5-8(7(2)9)3-4-10-6/h6-9H,3-5H2,1-2H3/t6-,7+,8-/m1/s1. The summed E-state index contributed by atoms with van der Waals surface area (Å²) in [5.41, 5.74) is 0. The Labute approximate surface area is 62.2 Å². The minimum Gasteiger partial charge on any atom is -0.393 e. The van der Waals surface area contributed by atoms with Gasteiger partial charge in [0.15, 0.2) is 0 Å². The van der Waals surface area contributed by atoms with Gasteiger partial charge in [-0.15, -0.1) is 0 Å². The Morgan fingerprint density at radius 3 is 2.70 bits per heavy atom. The van der Waals surface area contributed by atoms with Crippen molar-refractivity contribution in [3.8, 4) is 0 Å². The lowest BCUT2D eigenvalue weighted by Crippen LogP contribution is -2.29. The molecule has 0 spiro atoms. The highest BCUT2D eigenvalue weighted by Crippen LogP contribution is 2.22. The molecule has 1 heterocycles. The van der Waals surface area contributed by atoms with Crippen molar-refractivity contribution in [3.05, 3.63) is 0 Å². The van der Waals surface area contributed by atoms with Gasteiger partial charge in [-0.2, -0.15) is 0 Å². The van der Waals surface area contributed by atoms with E-state index in [1.54, 1.807) is 0 Å². The third-order valence-corrected chi connectivity index (χ3v) is 2.21. The van der Waals surface area contributed by atoms with E-state index in [4.69, 9.17) is 4.74 Å². The summed E-state index contributed by atoms with van der Waals surface area (Å²) in [6, 6.07) is 0. The monoisotopic (exact) mass is 144 g/mol. The Morgan fingerprint density at radius 2 is 2.30 bits per heavy atom. The summed E-state index contributed by atoms with van der Waals surface area (Å²) >= 11 is 0. The molecule has 1 rings (SSSR count). The highest BCUT2D eigenvalue weighted by molar-refractivity contribution is 4.72. The van der Waals surface area contributed by atoms with Crippen LogP contribution in [0.4, 0.5) is 0 Å². The smallest absolute Gasteiger partial charge is 0.0550 e. The van der Waals surface area contributed by atoms with Crippen LogP contribution in [0.1, 0.15) is 26.7 Å². The highest BCUT2D eigenvalue weighted by Gasteiger charge is 2.22. The molecule has 1 fully saturated rings. The van der Waals surface area contributed by atoms with Crippen molar-refractivity contribution in [2.45, 2.75) is 38.9 Å². The van der Waals surface area contributed by atoms with E-state index in [1.165, 1.54) is 0 Å². The average Bonchev–Trinajstić information content (AvgIpc) is 1.88. The molecule has 0 radical (unpaired) electrons. The van der Waals surface area contributed by atoms with Crippen LogP contribution in [0, 0.1) is 5.92 Å². The van der Waals surface area contributed by atoms with Crippen LogP contribution in [0.25, 0.3) is 0 Å². The lowest BCUT2D eigenvalue weighted by molar-refractivity contribution is -0.0305. The molecule has 1 N–H and O–H groups in total. The van der Waals surface area contributed by atoms with E-state index >= 15 is 0 Å². The van der Waals surface area contributed by atoms with Gasteiger partial charge in [0, 0.05) is 6.61 Å². The summed E-state index contributed by atoms with van der Waals surface area (Å²) in [6.45, 7) is 4.74. The number of aliphatic hydroxyl groups is 1. The van der Waals surface area contributed by atoms with Gasteiger partial charge in [-0.05, 0) is 32.6 Å². The summed E-state index contributed by atoms with van der Waals surface area (Å²) in [6.07, 6.45) is 2.21. The Hall–Kier alpha value is -0.0800. The van der Waals surface area contributed by atoms with Crippen molar-refractivity contribution in [3.63, 3.8) is 0 Å². The molecule has 0 unspecified atom stereocenters. The van der Waals surface area contributed by atoms with Crippen LogP contribution in [-0.4, -0.2) is 23.9 Å². The molecule has 3 atom stereocenters. The van der Waals surface area contributed by atoms with Crippen LogP contribution in [0.3, 0.4) is 0 Å². The van der Waals surface area contributed by atoms with Crippen LogP contribution >= 0.6 is 0 Å². The van der Waals surface area contributed by atoms with Crippen LogP contribution in [0.15, 0.2) is 0 Å². The summed E-state index contributed by atoms with van der Waals surface area (Å²) in [5.74, 6) is 0.462. The topological polar surface area (TPSA) is 29.5 Å². The summed E-state index contributed by atoms with van der Waals surface area (Å²) in [7, 11) is 0. The Morgan fingerprint density at radius 1 is 1.60 bits per heavy atom. The maximum atomic E-state index is 9.24. The second-order valence-electron chi connectivity index (χ2n) is 3.21. The van der Waals surface area contributed by atoms with E-state index in [1.807, 2.05) is 6.92 Å². The summed E-state index contributed by atoms with van der Waals surface area (Å²) < 4.78 is 5.35. The van der Waals surface area contributed by atoms with Gasteiger partial charge in [0.1, 0.15) is 0 Å². The Kier molecular flexibility index (Phi) is 2.69. The normalized spacial score (nSPS) is 37.5. The van der Waals surface area contributed by atoms with Gasteiger partial charge in [-0.25, -0.2) is 0 Å². The fourth-order valence-electron chi connectivity index (χ4n) is 1.47. The molecule has 2 nitrogen and oxygen atoms in total. The first-order valence-electron chi connectivity index (χ1n) is 4.00. The lowest BCUT2D eigenvalue weighted by Gasteiger charge is -2.28. The molecule has 10 heavy (non-hydrogen) atoms. The van der Waals surface area contributed by atoms with Gasteiger partial charge in [0.25, 0.3) is 0 Å². The quantitative estimate of drug-likeness (QED) is 0.599. The van der Waals surface area contributed by atoms with E-state index in [0.717, 1.165) is 19.4 Å². The van der Waals surface area contributed by atoms with Crippen molar-refractivity contribution >= 4 is 0 Å². The Balaban J connectivity index is 2.32. The largest absolute Gasteiger partial charge is 0.393 e. The zero-order valence-electron chi connectivity index (χ0n) is 6.71. The fourth-order valence-corrected chi connectivity index (χ4v) is 1.47. The molecule has 1 saturated heterocycles. The average molecular weight is 144 g/mol. The number of aliphatic hydroxyl groups excluding tert-OH is 1. The minimum absolute atomic E-state index is 0.161. The van der Waals surface area contributed by atoms with E-state index in [9.17, 15) is 5.11 Å². The van der Waals surface area contributed by atoms with Crippen LogP contribution in [-0.2, 0) is 4.74 Å². The SMILES string of the molecule is C[C@@H]1C[C@H]([C@H](C)O)CCO1. The van der Waals surface area contributed by atoms with Crippen LogP contribution in [0.2, 0.25) is 0 Å². The van der Waals surface area contributed by atoms with Crippen molar-refractivity contribution < 1.29 is 9.84 Å². The molecule has 0 aliphatic carbocycles. The van der Waals surface area contributed by atoms with Gasteiger partial charge in [0.2, 0.25) is 0 Å². The molecule has 0 aromatic heterocycles. The predicted octanol–water partition coefficient (Wildman–Crippen LogP) is 1.18. The van der Waals surface area contributed by atoms with Gasteiger partial charge in [-0.3, -0.25) is 0 Å². The molecule has 0 bridgehead atoms. The molecular formula is C8H16O2. The zero-order chi connectivity index (χ0) is 7.56. The first kappa shape index (κ1) is 8.02. The van der Waals surface area contributed by atoms with Gasteiger partial charge < -0.3 is 9.84 Å². The number of rotatable bonds is 1. The van der Waals surface area contributed by atoms with E-state index in [0.29, 0.717) is 12.0 Å². The van der Waals surface area contributed by atoms with Crippen molar-refractivity contribution in [1.29, 1.82) is 0 Å². The zero-order valence-corrected chi connectivity index (χ0v) is 6.71. The molecule has 1 aliphatic heterocycles. The van der Waals surface area contributed by atoms with Crippen molar-refractivity contribution in [2.24, 2.45) is 5.92 Å². The predicted molar refractivity (Wildman–Crippen MR) is 39.8 cm³/mol. The first-order chi connectivity index (χ1) is 4.70. The molecular weight excluding hydrogens is 128 g/mol. The fraction of sp³-hybridized carbons (Fsp3) is 1.00. The molecule has 2 heteroatoms. The van der Waals surface area contributed by atoms with E-state index in [-0.39, 0.29) is 6.10 Å². The van der Waals surface area contributed by atoms with Crippen molar-refractivity contribution in [2.75, 3.05) is 6.61 Å². The molecule has 60 valence electrons. The van der Waals surface area contributed by atoms with Crippen LogP contribution in [0.5, 0.6) is 0 Å². The molecule has 0 saturated carbocycles. The second kappa shape index (κ2) is 3.35. The first-order valence-corrected chi connectivity index (χ1v) is 4.00. The van der Waals surface area contributed by atoms with Crippen molar-refractivity contribution in [1.82, 2.24) is 0 Å². The minimum atomic E-state index is -0.161. The maximum absolute atomic E-state index is 9.24. The summed E-state index contributed by atoms with van der Waals surface area (Å²) in [4.78, 5) is 0. The molecule has 0 aromatic rings. The summed E-state index contributed by atoms with van der Waals surface area (Å²) in [5, 5.41) is 9.24. The highest BCUT2D eigenvalue weighted by atomic mass is 16.5. The molecule has 1 aliphatic rings. The van der Waals surface area contributed by atoms with E-state index in [2.05, 4.69) is 6.92 Å². The number of hydrogen-bond acceptors (Lipinski definition) is 2. The third kappa shape index (κ3) is 1.96. The molecule has 0 aromatic carbocycles. The van der Waals surface area contributed by atoms with Gasteiger partial charge in [0.05, 0.1) is 12.2 Å². The maximum Gasteiger partial charge on any atom is 0.0550 e. The van der Waals surface area contributed by atoms with Gasteiger partial charge in [-0.1, -0.05) is 0 Å². The third-order valence-electron chi connectivity index (χ3n) is 2.21. The molecule has 0 amide bonds.